The van der Waals surface area contributed by atoms with Crippen LogP contribution >= 0.6 is 0 Å². The standard InChI is InChI=1S/C15H22O3.C8H18/c1-14(2,3)10-7-9(13(17)18)8-11(12(10)16)15(4,5)6;1-4-5-6-7-8(2)3/h7-8,16H,1-6H3,(H,17,18);8H,4-7H2,1-3H3. The molecule has 26 heavy (non-hydrogen) atoms. The van der Waals surface area contributed by atoms with E-state index < -0.39 is 5.97 Å². The van der Waals surface area contributed by atoms with Gasteiger partial charge in [0.1, 0.15) is 5.75 Å². The van der Waals surface area contributed by atoms with Crippen LogP contribution in [0.2, 0.25) is 0 Å². The van der Waals surface area contributed by atoms with Gasteiger partial charge in [-0.1, -0.05) is 88.0 Å². The maximum atomic E-state index is 11.2. The normalized spacial score (nSPS) is 11.9. The topological polar surface area (TPSA) is 57.5 Å². The summed E-state index contributed by atoms with van der Waals surface area (Å²) in [6.45, 7) is 18.6. The molecule has 0 fully saturated rings. The van der Waals surface area contributed by atoms with E-state index in [9.17, 15) is 15.0 Å². The summed E-state index contributed by atoms with van der Waals surface area (Å²) in [4.78, 5) is 11.2. The second-order valence-electron chi connectivity index (χ2n) is 9.61. The summed E-state index contributed by atoms with van der Waals surface area (Å²) in [6, 6.07) is 3.12. The molecule has 150 valence electrons. The summed E-state index contributed by atoms with van der Waals surface area (Å²) in [5.74, 6) is 0.146. The van der Waals surface area contributed by atoms with E-state index in [0.29, 0.717) is 11.1 Å². The van der Waals surface area contributed by atoms with Gasteiger partial charge in [-0.15, -0.1) is 0 Å². The SMILES string of the molecule is CC(C)(C)c1cc(C(=O)O)cc(C(C)(C)C)c1O.CCCCCC(C)C. The number of phenolic OH excluding ortho intramolecular Hbond substituents is 1. The first kappa shape index (κ1) is 24.5. The molecule has 1 aromatic rings. The van der Waals surface area contributed by atoms with Gasteiger partial charge in [0.25, 0.3) is 0 Å². The molecule has 0 aliphatic carbocycles. The molecule has 1 aromatic carbocycles. The van der Waals surface area contributed by atoms with Crippen LogP contribution in [0.4, 0.5) is 0 Å². The number of hydrogen-bond donors (Lipinski definition) is 2. The number of rotatable bonds is 5. The van der Waals surface area contributed by atoms with E-state index in [1.54, 1.807) is 12.1 Å². The van der Waals surface area contributed by atoms with Gasteiger partial charge in [0.15, 0.2) is 0 Å². The van der Waals surface area contributed by atoms with Gasteiger partial charge in [-0.05, 0) is 28.9 Å². The quantitative estimate of drug-likeness (QED) is 0.558. The molecule has 0 aliphatic heterocycles. The van der Waals surface area contributed by atoms with Gasteiger partial charge >= 0.3 is 5.97 Å². The second kappa shape index (κ2) is 9.99. The Labute approximate surface area is 160 Å². The largest absolute Gasteiger partial charge is 0.507 e. The summed E-state index contributed by atoms with van der Waals surface area (Å²) in [5.41, 5.74) is 0.979. The molecule has 0 heterocycles. The maximum absolute atomic E-state index is 11.2. The number of carboxylic acids is 1. The molecule has 0 saturated carbocycles. The van der Waals surface area contributed by atoms with E-state index in [0.717, 1.165) is 5.92 Å². The molecule has 0 spiro atoms. The number of carbonyl (C=O) groups is 1. The molecule has 0 aromatic heterocycles. The van der Waals surface area contributed by atoms with E-state index in [1.807, 2.05) is 41.5 Å². The van der Waals surface area contributed by atoms with Crippen LogP contribution < -0.4 is 0 Å². The number of aromatic hydroxyl groups is 1. The third-order valence-electron chi connectivity index (χ3n) is 4.36. The Hall–Kier alpha value is -1.51. The Morgan fingerprint density at radius 2 is 1.38 bits per heavy atom. The lowest BCUT2D eigenvalue weighted by atomic mass is 9.78. The lowest BCUT2D eigenvalue weighted by Gasteiger charge is -2.27. The van der Waals surface area contributed by atoms with Crippen molar-refractivity contribution in [2.24, 2.45) is 5.92 Å². The first-order valence-electron chi connectivity index (χ1n) is 9.83. The average molecular weight is 365 g/mol. The molecule has 0 radical (unpaired) electrons. The van der Waals surface area contributed by atoms with E-state index in [-0.39, 0.29) is 22.1 Å². The predicted octanol–water partition coefficient (Wildman–Crippen LogP) is 6.91. The molecule has 3 heteroatoms. The molecule has 3 nitrogen and oxygen atoms in total. The number of hydrogen-bond acceptors (Lipinski definition) is 2. The van der Waals surface area contributed by atoms with Gasteiger partial charge in [-0.3, -0.25) is 0 Å². The van der Waals surface area contributed by atoms with Crippen LogP contribution in [0.1, 0.15) is 109 Å². The third kappa shape index (κ3) is 8.25. The van der Waals surface area contributed by atoms with Crippen molar-refractivity contribution in [3.05, 3.63) is 28.8 Å². The monoisotopic (exact) mass is 364 g/mol. The molecule has 1 rings (SSSR count). The number of phenols is 1. The van der Waals surface area contributed by atoms with Crippen molar-refractivity contribution in [2.45, 2.75) is 98.8 Å². The highest BCUT2D eigenvalue weighted by atomic mass is 16.4. The van der Waals surface area contributed by atoms with Gasteiger partial charge < -0.3 is 10.2 Å². The fourth-order valence-electron chi connectivity index (χ4n) is 2.70. The highest BCUT2D eigenvalue weighted by Crippen LogP contribution is 2.39. The summed E-state index contributed by atoms with van der Waals surface area (Å²) >= 11 is 0. The Morgan fingerprint density at radius 3 is 1.65 bits per heavy atom. The molecular weight excluding hydrogens is 324 g/mol. The van der Waals surface area contributed by atoms with E-state index in [2.05, 4.69) is 20.8 Å². The van der Waals surface area contributed by atoms with E-state index in [1.165, 1.54) is 25.7 Å². The average Bonchev–Trinajstić information content (AvgIpc) is 2.45. The van der Waals surface area contributed by atoms with Crippen molar-refractivity contribution in [1.82, 2.24) is 0 Å². The van der Waals surface area contributed by atoms with Crippen molar-refractivity contribution in [3.63, 3.8) is 0 Å². The van der Waals surface area contributed by atoms with E-state index in [4.69, 9.17) is 0 Å². The van der Waals surface area contributed by atoms with Crippen molar-refractivity contribution in [2.75, 3.05) is 0 Å². The molecule has 0 atom stereocenters. The molecule has 0 unspecified atom stereocenters. The number of aromatic carboxylic acids is 1. The highest BCUT2D eigenvalue weighted by molar-refractivity contribution is 5.88. The van der Waals surface area contributed by atoms with Crippen LogP contribution in [0.3, 0.4) is 0 Å². The zero-order valence-electron chi connectivity index (χ0n) is 18.4. The summed E-state index contributed by atoms with van der Waals surface area (Å²) < 4.78 is 0. The molecule has 0 aliphatic rings. The smallest absolute Gasteiger partial charge is 0.335 e. The Kier molecular flexibility index (Phi) is 9.41. The van der Waals surface area contributed by atoms with Gasteiger partial charge in [0.05, 0.1) is 5.56 Å². The van der Waals surface area contributed by atoms with E-state index >= 15 is 0 Å². The first-order valence-corrected chi connectivity index (χ1v) is 9.83. The van der Waals surface area contributed by atoms with Crippen LogP contribution in [0, 0.1) is 5.92 Å². The van der Waals surface area contributed by atoms with Crippen LogP contribution in [0.15, 0.2) is 12.1 Å². The fourth-order valence-corrected chi connectivity index (χ4v) is 2.70. The first-order chi connectivity index (χ1) is 11.7. The molecule has 0 bridgehead atoms. The summed E-state index contributed by atoms with van der Waals surface area (Å²) in [5, 5.41) is 19.5. The van der Waals surface area contributed by atoms with Crippen molar-refractivity contribution < 1.29 is 15.0 Å². The summed E-state index contributed by atoms with van der Waals surface area (Å²) in [7, 11) is 0. The van der Waals surface area contributed by atoms with Gasteiger partial charge in [0, 0.05) is 11.1 Å². The molecular formula is C23H40O3. The minimum Gasteiger partial charge on any atom is -0.507 e. The van der Waals surface area contributed by atoms with Gasteiger partial charge in [0.2, 0.25) is 0 Å². The minimum atomic E-state index is -0.967. The van der Waals surface area contributed by atoms with Gasteiger partial charge in [-0.2, -0.15) is 0 Å². The Morgan fingerprint density at radius 1 is 0.962 bits per heavy atom. The van der Waals surface area contributed by atoms with Crippen molar-refractivity contribution >= 4 is 5.97 Å². The summed E-state index contributed by atoms with van der Waals surface area (Å²) in [6.07, 6.45) is 5.60. The molecule has 0 amide bonds. The minimum absolute atomic E-state index is 0.208. The number of unbranched alkanes of at least 4 members (excludes halogenated alkanes) is 2. The van der Waals surface area contributed by atoms with Crippen LogP contribution in [-0.2, 0) is 10.8 Å². The predicted molar refractivity (Wildman–Crippen MR) is 111 cm³/mol. The third-order valence-corrected chi connectivity index (χ3v) is 4.36. The maximum Gasteiger partial charge on any atom is 0.335 e. The Balaban J connectivity index is 0.000000660. The molecule has 0 saturated heterocycles. The Bertz CT molecular complexity index is 537. The number of carboxylic acid groups (broad SMARTS) is 1. The van der Waals surface area contributed by atoms with Gasteiger partial charge in [-0.25, -0.2) is 4.79 Å². The van der Waals surface area contributed by atoms with Crippen molar-refractivity contribution in [1.29, 1.82) is 0 Å². The zero-order chi connectivity index (χ0) is 20.7. The lowest BCUT2D eigenvalue weighted by molar-refractivity contribution is 0.0696. The van der Waals surface area contributed by atoms with Crippen LogP contribution in [0.25, 0.3) is 0 Å². The zero-order valence-corrected chi connectivity index (χ0v) is 18.4. The lowest BCUT2D eigenvalue weighted by Crippen LogP contribution is -2.18. The second-order valence-corrected chi connectivity index (χ2v) is 9.61. The highest BCUT2D eigenvalue weighted by Gasteiger charge is 2.27. The molecule has 2 N–H and O–H groups in total. The van der Waals surface area contributed by atoms with Crippen LogP contribution in [0.5, 0.6) is 5.75 Å². The number of benzene rings is 1. The van der Waals surface area contributed by atoms with Crippen LogP contribution in [-0.4, -0.2) is 16.2 Å². The van der Waals surface area contributed by atoms with Crippen molar-refractivity contribution in [3.8, 4) is 5.75 Å². The fraction of sp³-hybridized carbons (Fsp3) is 0.696.